The van der Waals surface area contributed by atoms with Crippen molar-refractivity contribution in [3.63, 3.8) is 0 Å². The second-order valence-corrected chi connectivity index (χ2v) is 14.2. The molecule has 0 atom stereocenters. The van der Waals surface area contributed by atoms with Gasteiger partial charge in [0.25, 0.3) is 0 Å². The van der Waals surface area contributed by atoms with Crippen LogP contribution in [-0.2, 0) is 0 Å². The quantitative estimate of drug-likeness (QED) is 0.156. The minimum Gasteiger partial charge on any atom is -0.250 e. The molecule has 0 bridgehead atoms. The van der Waals surface area contributed by atoms with Gasteiger partial charge >= 0.3 is 0 Å². The predicted molar refractivity (Wildman–Crippen MR) is 224 cm³/mol. The fourth-order valence-electron chi connectivity index (χ4n) is 7.12. The van der Waals surface area contributed by atoms with Crippen molar-refractivity contribution in [1.82, 2.24) is 19.9 Å². The van der Waals surface area contributed by atoms with Gasteiger partial charge in [0.2, 0.25) is 0 Å². The molecule has 54 heavy (non-hydrogen) atoms. The average molecular weight is 695 g/mol. The molecule has 0 saturated heterocycles. The first kappa shape index (κ1) is 33.1. The molecule has 3 heterocycles. The van der Waals surface area contributed by atoms with Crippen molar-refractivity contribution in [2.75, 3.05) is 0 Å². The third-order valence-corrected chi connectivity index (χ3v) is 10.2. The molecule has 0 fully saturated rings. The zero-order valence-corrected chi connectivity index (χ0v) is 30.5. The number of hydrogen-bond acceptors (Lipinski definition) is 4. The maximum absolute atomic E-state index is 5.18. The predicted octanol–water partition coefficient (Wildman–Crippen LogP) is 13.0. The molecule has 0 spiro atoms. The number of aromatic nitrogens is 4. The van der Waals surface area contributed by atoms with E-state index in [1.165, 1.54) is 16.7 Å². The van der Waals surface area contributed by atoms with E-state index < -0.39 is 0 Å². The zero-order chi connectivity index (χ0) is 36.6. The molecule has 258 valence electrons. The standard InChI is InChI=1S/C50H38N4/c1-32(2)44-29-27-41-26-28-43-33(3)30-45(52-49(43)48(41)51-44)38-20-16-36(17-21-38)37-18-24-40(25-19-37)47-31-46(53-50(54-47)42-12-8-5-9-13-42)39-22-14-35(15-23-39)34-10-6-4-7-11-34/h4-32H,1-3H3. The molecule has 4 heteroatoms. The molecule has 0 saturated carbocycles. The molecule has 0 aliphatic rings. The molecule has 4 nitrogen and oxygen atoms in total. The number of benzene rings is 6. The maximum atomic E-state index is 5.18. The lowest BCUT2D eigenvalue weighted by Gasteiger charge is -2.12. The lowest BCUT2D eigenvalue weighted by Crippen LogP contribution is -1.96. The van der Waals surface area contributed by atoms with E-state index in [0.29, 0.717) is 11.7 Å². The summed E-state index contributed by atoms with van der Waals surface area (Å²) >= 11 is 0. The number of aryl methyl sites for hydroxylation is 1. The summed E-state index contributed by atoms with van der Waals surface area (Å²) < 4.78 is 0. The first-order valence-electron chi connectivity index (χ1n) is 18.5. The van der Waals surface area contributed by atoms with Gasteiger partial charge in [-0.05, 0) is 58.9 Å². The summed E-state index contributed by atoms with van der Waals surface area (Å²) in [6.07, 6.45) is 0. The summed E-state index contributed by atoms with van der Waals surface area (Å²) in [7, 11) is 0. The van der Waals surface area contributed by atoms with Gasteiger partial charge in [-0.2, -0.15) is 0 Å². The van der Waals surface area contributed by atoms with Crippen molar-refractivity contribution in [2.24, 2.45) is 0 Å². The van der Waals surface area contributed by atoms with Crippen LogP contribution in [0.2, 0.25) is 0 Å². The van der Waals surface area contributed by atoms with Gasteiger partial charge in [0, 0.05) is 38.7 Å². The number of hydrogen-bond donors (Lipinski definition) is 0. The molecular weight excluding hydrogens is 657 g/mol. The van der Waals surface area contributed by atoms with E-state index in [4.69, 9.17) is 19.9 Å². The first-order valence-corrected chi connectivity index (χ1v) is 18.5. The Labute approximate surface area is 315 Å². The van der Waals surface area contributed by atoms with Crippen LogP contribution in [0.15, 0.2) is 170 Å². The molecule has 9 aromatic rings. The number of rotatable bonds is 7. The highest BCUT2D eigenvalue weighted by Gasteiger charge is 2.14. The summed E-state index contributed by atoms with van der Waals surface area (Å²) in [5.74, 6) is 1.06. The summed E-state index contributed by atoms with van der Waals surface area (Å²) in [5, 5.41) is 2.26. The maximum Gasteiger partial charge on any atom is 0.160 e. The van der Waals surface area contributed by atoms with Crippen molar-refractivity contribution in [2.45, 2.75) is 26.7 Å². The Morgan fingerprint density at radius 3 is 1.33 bits per heavy atom. The number of nitrogens with zero attached hydrogens (tertiary/aromatic N) is 4. The van der Waals surface area contributed by atoms with Crippen molar-refractivity contribution in [3.05, 3.63) is 181 Å². The molecule has 3 aromatic heterocycles. The van der Waals surface area contributed by atoms with E-state index in [1.54, 1.807) is 0 Å². The molecule has 0 N–H and O–H groups in total. The van der Waals surface area contributed by atoms with Crippen LogP contribution in [0.3, 0.4) is 0 Å². The lowest BCUT2D eigenvalue weighted by atomic mass is 9.98. The molecule has 0 aliphatic carbocycles. The summed E-state index contributed by atoms with van der Waals surface area (Å²) in [6, 6.07) is 59.5. The van der Waals surface area contributed by atoms with E-state index in [0.717, 1.165) is 78.0 Å². The van der Waals surface area contributed by atoms with E-state index in [9.17, 15) is 0 Å². The molecule has 6 aromatic carbocycles. The minimum atomic E-state index is 0.351. The Hall–Kier alpha value is -6.78. The minimum absolute atomic E-state index is 0.351. The van der Waals surface area contributed by atoms with Crippen LogP contribution in [-0.4, -0.2) is 19.9 Å². The SMILES string of the molecule is Cc1cc(-c2ccc(-c3ccc(-c4cc(-c5ccc(-c6ccccc6)cc5)nc(-c5ccccc5)n4)cc3)cc2)nc2c1ccc1ccc(C(C)C)nc12. The summed E-state index contributed by atoms with van der Waals surface area (Å²) in [5.41, 5.74) is 15.7. The Kier molecular flexibility index (Phi) is 8.57. The molecule has 0 aliphatic heterocycles. The number of pyridine rings is 2. The van der Waals surface area contributed by atoms with Gasteiger partial charge in [0.05, 0.1) is 28.1 Å². The van der Waals surface area contributed by atoms with Crippen molar-refractivity contribution < 1.29 is 0 Å². The monoisotopic (exact) mass is 694 g/mol. The van der Waals surface area contributed by atoms with Crippen molar-refractivity contribution >= 4 is 21.8 Å². The van der Waals surface area contributed by atoms with Crippen LogP contribution in [0.4, 0.5) is 0 Å². The van der Waals surface area contributed by atoms with Crippen molar-refractivity contribution in [1.29, 1.82) is 0 Å². The second kappa shape index (κ2) is 14.0. The third kappa shape index (κ3) is 6.44. The van der Waals surface area contributed by atoms with Gasteiger partial charge in [0.15, 0.2) is 5.82 Å². The van der Waals surface area contributed by atoms with Crippen LogP contribution in [0, 0.1) is 6.92 Å². The van der Waals surface area contributed by atoms with Gasteiger partial charge in [-0.1, -0.05) is 166 Å². The first-order chi connectivity index (χ1) is 26.5. The molecule has 0 radical (unpaired) electrons. The largest absolute Gasteiger partial charge is 0.250 e. The summed E-state index contributed by atoms with van der Waals surface area (Å²) in [6.45, 7) is 6.52. The van der Waals surface area contributed by atoms with E-state index in [1.807, 2.05) is 24.3 Å². The highest BCUT2D eigenvalue weighted by atomic mass is 14.9. The van der Waals surface area contributed by atoms with Crippen LogP contribution in [0.1, 0.15) is 31.0 Å². The Morgan fingerprint density at radius 2 is 0.815 bits per heavy atom. The fraction of sp³-hybridized carbons (Fsp3) is 0.0800. The van der Waals surface area contributed by atoms with Gasteiger partial charge in [-0.15, -0.1) is 0 Å². The van der Waals surface area contributed by atoms with Gasteiger partial charge in [0.1, 0.15) is 0 Å². The van der Waals surface area contributed by atoms with Gasteiger partial charge in [-0.25, -0.2) is 15.0 Å². The van der Waals surface area contributed by atoms with Crippen LogP contribution in [0.25, 0.3) is 89.2 Å². The Morgan fingerprint density at radius 1 is 0.370 bits per heavy atom. The van der Waals surface area contributed by atoms with Crippen LogP contribution in [0.5, 0.6) is 0 Å². The smallest absolute Gasteiger partial charge is 0.160 e. The normalized spacial score (nSPS) is 11.4. The lowest BCUT2D eigenvalue weighted by molar-refractivity contribution is 0.830. The van der Waals surface area contributed by atoms with Gasteiger partial charge in [-0.3, -0.25) is 4.98 Å². The molecular formula is C50H38N4. The summed E-state index contributed by atoms with van der Waals surface area (Å²) in [4.78, 5) is 20.3. The third-order valence-electron chi connectivity index (χ3n) is 10.2. The van der Waals surface area contributed by atoms with Gasteiger partial charge < -0.3 is 0 Å². The average Bonchev–Trinajstić information content (AvgIpc) is 3.24. The zero-order valence-electron chi connectivity index (χ0n) is 30.5. The number of fused-ring (bicyclic) bond motifs is 3. The van der Waals surface area contributed by atoms with E-state index in [-0.39, 0.29) is 0 Å². The molecule has 0 amide bonds. The highest BCUT2D eigenvalue weighted by Crippen LogP contribution is 2.33. The topological polar surface area (TPSA) is 51.6 Å². The Balaban J connectivity index is 1.02. The Bertz CT molecular complexity index is 2760. The van der Waals surface area contributed by atoms with E-state index >= 15 is 0 Å². The van der Waals surface area contributed by atoms with Crippen molar-refractivity contribution in [3.8, 4) is 67.4 Å². The molecule has 9 rings (SSSR count). The van der Waals surface area contributed by atoms with Crippen LogP contribution < -0.4 is 0 Å². The van der Waals surface area contributed by atoms with Crippen LogP contribution >= 0.6 is 0 Å². The molecule has 0 unspecified atom stereocenters. The van der Waals surface area contributed by atoms with E-state index in [2.05, 4.69) is 166 Å². The second-order valence-electron chi connectivity index (χ2n) is 14.2. The fourth-order valence-corrected chi connectivity index (χ4v) is 7.12. The highest BCUT2D eigenvalue weighted by molar-refractivity contribution is 6.04.